The SMILES string of the molecule is CCn1cnnc1C1CCCN(C(=O)C2OCCc3ccccc32)C1. The predicted molar refractivity (Wildman–Crippen MR) is 93.1 cm³/mol. The summed E-state index contributed by atoms with van der Waals surface area (Å²) in [5, 5.41) is 8.34. The summed E-state index contributed by atoms with van der Waals surface area (Å²) in [6.07, 6.45) is 4.22. The second-order valence-corrected chi connectivity index (χ2v) is 6.80. The van der Waals surface area contributed by atoms with Crippen LogP contribution in [0.25, 0.3) is 0 Å². The first-order chi connectivity index (χ1) is 12.3. The minimum absolute atomic E-state index is 0.0828. The zero-order valence-electron chi connectivity index (χ0n) is 14.6. The lowest BCUT2D eigenvalue weighted by Gasteiger charge is -2.36. The highest BCUT2D eigenvalue weighted by Crippen LogP contribution is 2.32. The van der Waals surface area contributed by atoms with Gasteiger partial charge in [-0.05, 0) is 37.3 Å². The van der Waals surface area contributed by atoms with Crippen LogP contribution >= 0.6 is 0 Å². The fraction of sp³-hybridized carbons (Fsp3) is 0.526. The van der Waals surface area contributed by atoms with E-state index in [2.05, 4.69) is 27.8 Å². The molecule has 25 heavy (non-hydrogen) atoms. The van der Waals surface area contributed by atoms with Crippen molar-refractivity contribution in [3.63, 3.8) is 0 Å². The third kappa shape index (κ3) is 3.06. The monoisotopic (exact) mass is 340 g/mol. The van der Waals surface area contributed by atoms with Gasteiger partial charge in [0.1, 0.15) is 12.2 Å². The molecule has 1 fully saturated rings. The molecule has 2 aliphatic heterocycles. The third-order valence-electron chi connectivity index (χ3n) is 5.30. The van der Waals surface area contributed by atoms with Crippen LogP contribution in [0.2, 0.25) is 0 Å². The van der Waals surface area contributed by atoms with Crippen LogP contribution in [0.4, 0.5) is 0 Å². The lowest BCUT2D eigenvalue weighted by molar-refractivity contribution is -0.146. The summed E-state index contributed by atoms with van der Waals surface area (Å²) in [7, 11) is 0. The van der Waals surface area contributed by atoms with Crippen LogP contribution < -0.4 is 0 Å². The van der Waals surface area contributed by atoms with E-state index < -0.39 is 6.10 Å². The molecule has 132 valence electrons. The normalized spacial score (nSPS) is 23.3. The first kappa shape index (κ1) is 16.3. The highest BCUT2D eigenvalue weighted by atomic mass is 16.5. The van der Waals surface area contributed by atoms with Gasteiger partial charge in [0.15, 0.2) is 6.10 Å². The maximum Gasteiger partial charge on any atom is 0.256 e. The molecule has 2 atom stereocenters. The summed E-state index contributed by atoms with van der Waals surface area (Å²) in [4.78, 5) is 15.1. The Labute approximate surface area is 147 Å². The van der Waals surface area contributed by atoms with E-state index in [0.717, 1.165) is 43.7 Å². The number of rotatable bonds is 3. The molecule has 0 spiro atoms. The van der Waals surface area contributed by atoms with Crippen LogP contribution in [-0.4, -0.2) is 45.3 Å². The molecule has 0 N–H and O–H groups in total. The number of aromatic nitrogens is 3. The number of hydrogen-bond acceptors (Lipinski definition) is 4. The highest BCUT2D eigenvalue weighted by molar-refractivity contribution is 5.83. The summed E-state index contributed by atoms with van der Waals surface area (Å²) < 4.78 is 7.94. The van der Waals surface area contributed by atoms with Crippen LogP contribution in [0.15, 0.2) is 30.6 Å². The van der Waals surface area contributed by atoms with Crippen LogP contribution in [0.5, 0.6) is 0 Å². The Hall–Kier alpha value is -2.21. The smallest absolute Gasteiger partial charge is 0.256 e. The Bertz CT molecular complexity index is 757. The molecule has 6 nitrogen and oxygen atoms in total. The van der Waals surface area contributed by atoms with Crippen molar-refractivity contribution >= 4 is 5.91 Å². The Kier molecular flexibility index (Phi) is 4.53. The molecule has 6 heteroatoms. The second kappa shape index (κ2) is 6.96. The van der Waals surface area contributed by atoms with Gasteiger partial charge in [-0.2, -0.15) is 0 Å². The molecule has 3 heterocycles. The molecule has 1 aromatic heterocycles. The van der Waals surface area contributed by atoms with Gasteiger partial charge in [-0.3, -0.25) is 4.79 Å². The van der Waals surface area contributed by atoms with Crippen molar-refractivity contribution in [2.45, 2.75) is 44.8 Å². The number of likely N-dealkylation sites (tertiary alicyclic amines) is 1. The second-order valence-electron chi connectivity index (χ2n) is 6.80. The van der Waals surface area contributed by atoms with E-state index in [-0.39, 0.29) is 11.8 Å². The van der Waals surface area contributed by atoms with Crippen LogP contribution in [-0.2, 0) is 22.5 Å². The van der Waals surface area contributed by atoms with Crippen molar-refractivity contribution in [3.8, 4) is 0 Å². The van der Waals surface area contributed by atoms with E-state index in [1.54, 1.807) is 6.33 Å². The molecule has 0 radical (unpaired) electrons. The molecule has 1 aromatic carbocycles. The topological polar surface area (TPSA) is 60.2 Å². The Morgan fingerprint density at radius 1 is 1.36 bits per heavy atom. The largest absolute Gasteiger partial charge is 0.363 e. The fourth-order valence-corrected chi connectivity index (χ4v) is 3.98. The van der Waals surface area contributed by atoms with Crippen molar-refractivity contribution in [2.24, 2.45) is 0 Å². The van der Waals surface area contributed by atoms with Crippen molar-refractivity contribution < 1.29 is 9.53 Å². The summed E-state index contributed by atoms with van der Waals surface area (Å²) in [6, 6.07) is 8.13. The van der Waals surface area contributed by atoms with Crippen LogP contribution in [0.1, 0.15) is 48.7 Å². The van der Waals surface area contributed by atoms with Gasteiger partial charge >= 0.3 is 0 Å². The molecule has 0 saturated carbocycles. The summed E-state index contributed by atoms with van der Waals surface area (Å²) in [5.41, 5.74) is 2.25. The van der Waals surface area contributed by atoms with Gasteiger partial charge in [-0.25, -0.2) is 0 Å². The summed E-state index contributed by atoms with van der Waals surface area (Å²) in [6.45, 7) is 5.03. The first-order valence-electron chi connectivity index (χ1n) is 9.13. The maximum atomic E-state index is 13.1. The van der Waals surface area contributed by atoms with Crippen LogP contribution in [0.3, 0.4) is 0 Å². The molecule has 0 bridgehead atoms. The van der Waals surface area contributed by atoms with Crippen molar-refractivity contribution in [3.05, 3.63) is 47.5 Å². The number of nitrogens with zero attached hydrogens (tertiary/aromatic N) is 4. The first-order valence-corrected chi connectivity index (χ1v) is 9.13. The van der Waals surface area contributed by atoms with Gasteiger partial charge in [0, 0.05) is 25.6 Å². The van der Waals surface area contributed by atoms with Gasteiger partial charge < -0.3 is 14.2 Å². The number of piperidine rings is 1. The quantitative estimate of drug-likeness (QED) is 0.860. The maximum absolute atomic E-state index is 13.1. The molecule has 2 aromatic rings. The Balaban J connectivity index is 1.53. The Morgan fingerprint density at radius 2 is 2.24 bits per heavy atom. The summed E-state index contributed by atoms with van der Waals surface area (Å²) >= 11 is 0. The van der Waals surface area contributed by atoms with Crippen LogP contribution in [0, 0.1) is 0 Å². The van der Waals surface area contributed by atoms with Gasteiger partial charge in [0.2, 0.25) is 0 Å². The predicted octanol–water partition coefficient (Wildman–Crippen LogP) is 2.32. The van der Waals surface area contributed by atoms with Gasteiger partial charge in [-0.15, -0.1) is 10.2 Å². The zero-order chi connectivity index (χ0) is 17.2. The number of carbonyl (C=O) groups is 1. The number of carbonyl (C=O) groups excluding carboxylic acids is 1. The number of benzene rings is 1. The van der Waals surface area contributed by atoms with Gasteiger partial charge in [-0.1, -0.05) is 24.3 Å². The molecule has 2 unspecified atom stereocenters. The fourth-order valence-electron chi connectivity index (χ4n) is 3.98. The Morgan fingerprint density at radius 3 is 3.12 bits per heavy atom. The number of ether oxygens (including phenoxy) is 1. The highest BCUT2D eigenvalue weighted by Gasteiger charge is 2.34. The van der Waals surface area contributed by atoms with E-state index in [0.29, 0.717) is 13.2 Å². The van der Waals surface area contributed by atoms with E-state index >= 15 is 0 Å². The number of hydrogen-bond donors (Lipinski definition) is 0. The average molecular weight is 340 g/mol. The standard InChI is InChI=1S/C19H24N4O2/c1-2-22-13-20-21-18(22)15-7-5-10-23(12-15)19(24)17-16-8-4-3-6-14(16)9-11-25-17/h3-4,6,8,13,15,17H,2,5,7,9-12H2,1H3. The van der Waals surface area contributed by atoms with E-state index in [9.17, 15) is 4.79 Å². The minimum atomic E-state index is -0.465. The number of fused-ring (bicyclic) bond motifs is 1. The molecular weight excluding hydrogens is 316 g/mol. The van der Waals surface area contributed by atoms with E-state index in [1.165, 1.54) is 5.56 Å². The molecule has 2 aliphatic rings. The van der Waals surface area contributed by atoms with Crippen molar-refractivity contribution in [1.82, 2.24) is 19.7 Å². The zero-order valence-corrected chi connectivity index (χ0v) is 14.6. The van der Waals surface area contributed by atoms with Crippen molar-refractivity contribution in [2.75, 3.05) is 19.7 Å². The average Bonchev–Trinajstić information content (AvgIpc) is 3.16. The van der Waals surface area contributed by atoms with Crippen molar-refractivity contribution in [1.29, 1.82) is 0 Å². The lowest BCUT2D eigenvalue weighted by atomic mass is 9.94. The number of amides is 1. The molecule has 1 amide bonds. The lowest BCUT2D eigenvalue weighted by Crippen LogP contribution is -2.43. The minimum Gasteiger partial charge on any atom is -0.363 e. The molecular formula is C19H24N4O2. The van der Waals surface area contributed by atoms with E-state index in [4.69, 9.17) is 4.74 Å². The molecule has 1 saturated heterocycles. The number of aryl methyl sites for hydroxylation is 1. The molecule has 0 aliphatic carbocycles. The third-order valence-corrected chi connectivity index (χ3v) is 5.30. The van der Waals surface area contributed by atoms with Gasteiger partial charge in [0.05, 0.1) is 6.61 Å². The summed E-state index contributed by atoms with van der Waals surface area (Å²) in [5.74, 6) is 1.32. The van der Waals surface area contributed by atoms with E-state index in [1.807, 2.05) is 23.1 Å². The van der Waals surface area contributed by atoms with Gasteiger partial charge in [0.25, 0.3) is 5.91 Å². The molecule has 4 rings (SSSR count).